The molecule has 12 rings (SSSR count). The van der Waals surface area contributed by atoms with E-state index in [9.17, 15) is 0 Å². The molecular weight excluding hydrogens is 755 g/mol. The van der Waals surface area contributed by atoms with Crippen molar-refractivity contribution in [2.45, 2.75) is 12.8 Å². The number of fused-ring (bicyclic) bond motifs is 6. The molecule has 11 aromatic rings. The van der Waals surface area contributed by atoms with Crippen molar-refractivity contribution in [3.8, 4) is 67.8 Å². The van der Waals surface area contributed by atoms with Crippen LogP contribution in [0.15, 0.2) is 206 Å². The van der Waals surface area contributed by atoms with Gasteiger partial charge in [-0.25, -0.2) is 4.98 Å². The fraction of sp³-hybridized carbons (Fsp3) is 0.0351. The topological polar surface area (TPSA) is 48.5 Å². The molecule has 0 amide bonds. The molecule has 0 radical (unpaired) electrons. The molecule has 0 atom stereocenters. The van der Waals surface area contributed by atoms with E-state index in [2.05, 4.69) is 203 Å². The summed E-state index contributed by atoms with van der Waals surface area (Å²) in [5.74, 6) is 1.90. The summed E-state index contributed by atoms with van der Waals surface area (Å²) >= 11 is 0. The van der Waals surface area contributed by atoms with Gasteiger partial charge >= 0.3 is 0 Å². The number of aromatic nitrogens is 5. The van der Waals surface area contributed by atoms with Gasteiger partial charge in [-0.05, 0) is 94.8 Å². The molecule has 5 heteroatoms. The molecule has 5 nitrogen and oxygen atoms in total. The lowest BCUT2D eigenvalue weighted by atomic mass is 9.98. The van der Waals surface area contributed by atoms with Gasteiger partial charge in [-0.15, -0.1) is 0 Å². The monoisotopic (exact) mass is 793 g/mol. The molecule has 0 aliphatic heterocycles. The Labute approximate surface area is 359 Å². The van der Waals surface area contributed by atoms with Crippen molar-refractivity contribution in [3.05, 3.63) is 218 Å². The van der Waals surface area contributed by atoms with Crippen LogP contribution in [0.2, 0.25) is 0 Å². The lowest BCUT2D eigenvalue weighted by molar-refractivity contribution is 0.838. The zero-order valence-electron chi connectivity index (χ0n) is 33.9. The first kappa shape index (κ1) is 35.8. The number of nitrogens with zero attached hydrogens (tertiary/aromatic N) is 5. The molecular formula is C57H39N5. The van der Waals surface area contributed by atoms with Crippen molar-refractivity contribution in [2.75, 3.05) is 0 Å². The number of benzene rings is 8. The molecule has 0 fully saturated rings. The number of para-hydroxylation sites is 2. The molecule has 3 aromatic heterocycles. The second-order valence-electron chi connectivity index (χ2n) is 16.0. The van der Waals surface area contributed by atoms with Gasteiger partial charge in [0.15, 0.2) is 11.6 Å². The minimum atomic E-state index is 0.621. The Morgan fingerprint density at radius 1 is 0.355 bits per heavy atom. The van der Waals surface area contributed by atoms with Gasteiger partial charge in [-0.3, -0.25) is 4.57 Å². The molecule has 0 saturated carbocycles. The summed E-state index contributed by atoms with van der Waals surface area (Å²) in [6.45, 7) is 0. The second-order valence-corrected chi connectivity index (χ2v) is 16.0. The minimum absolute atomic E-state index is 0.621. The first-order valence-corrected chi connectivity index (χ1v) is 21.2. The average molecular weight is 794 g/mol. The molecule has 0 spiro atoms. The Morgan fingerprint density at radius 3 is 1.61 bits per heavy atom. The summed E-state index contributed by atoms with van der Waals surface area (Å²) in [4.78, 5) is 15.7. The van der Waals surface area contributed by atoms with Crippen molar-refractivity contribution in [2.24, 2.45) is 0 Å². The van der Waals surface area contributed by atoms with E-state index >= 15 is 0 Å². The van der Waals surface area contributed by atoms with Gasteiger partial charge in [0.05, 0.1) is 16.6 Å². The SMILES string of the molecule is C1=Cc2c(n(-c3nc(-c4ccccc4)nc(-c4cccc(-c5ccc(-c6ccccc6)cc5)c4)n3)c3ccc(-c4ccc5c(c4)c4ccccc4n5-c4ccccc4)cc23)CC1. The van der Waals surface area contributed by atoms with Gasteiger partial charge in [0, 0.05) is 44.2 Å². The lowest BCUT2D eigenvalue weighted by Gasteiger charge is -2.14. The molecule has 3 heterocycles. The maximum atomic E-state index is 5.30. The maximum Gasteiger partial charge on any atom is 0.238 e. The van der Waals surface area contributed by atoms with Gasteiger partial charge in [-0.2, -0.15) is 9.97 Å². The third-order valence-corrected chi connectivity index (χ3v) is 12.3. The van der Waals surface area contributed by atoms with Crippen LogP contribution < -0.4 is 0 Å². The number of hydrogen-bond donors (Lipinski definition) is 0. The van der Waals surface area contributed by atoms with E-state index < -0.39 is 0 Å². The van der Waals surface area contributed by atoms with Crippen LogP contribution >= 0.6 is 0 Å². The first-order valence-electron chi connectivity index (χ1n) is 21.2. The van der Waals surface area contributed by atoms with Crippen molar-refractivity contribution < 1.29 is 0 Å². The smallest absolute Gasteiger partial charge is 0.238 e. The summed E-state index contributed by atoms with van der Waals surface area (Å²) in [6.07, 6.45) is 6.41. The zero-order chi connectivity index (χ0) is 41.0. The Balaban J connectivity index is 0.984. The molecule has 0 unspecified atom stereocenters. The fourth-order valence-electron chi connectivity index (χ4n) is 9.27. The molecule has 0 bridgehead atoms. The Kier molecular flexibility index (Phi) is 8.56. The van der Waals surface area contributed by atoms with E-state index in [1.54, 1.807) is 0 Å². The molecule has 8 aromatic carbocycles. The third kappa shape index (κ3) is 6.13. The van der Waals surface area contributed by atoms with Crippen LogP contribution in [-0.4, -0.2) is 24.1 Å². The second kappa shape index (κ2) is 14.8. The highest BCUT2D eigenvalue weighted by molar-refractivity contribution is 6.10. The maximum absolute atomic E-state index is 5.30. The molecule has 1 aliphatic rings. The summed E-state index contributed by atoms with van der Waals surface area (Å²) in [5, 5.41) is 3.66. The van der Waals surface area contributed by atoms with E-state index in [-0.39, 0.29) is 0 Å². The van der Waals surface area contributed by atoms with Gasteiger partial charge in [0.2, 0.25) is 5.95 Å². The van der Waals surface area contributed by atoms with Gasteiger partial charge in [0.1, 0.15) is 0 Å². The highest BCUT2D eigenvalue weighted by Crippen LogP contribution is 2.39. The van der Waals surface area contributed by atoms with Crippen LogP contribution in [0.5, 0.6) is 0 Å². The number of rotatable bonds is 7. The predicted octanol–water partition coefficient (Wildman–Crippen LogP) is 14.2. The van der Waals surface area contributed by atoms with Crippen LogP contribution in [0.3, 0.4) is 0 Å². The van der Waals surface area contributed by atoms with Crippen molar-refractivity contribution in [1.82, 2.24) is 24.1 Å². The molecule has 1 aliphatic carbocycles. The highest BCUT2D eigenvalue weighted by Gasteiger charge is 2.23. The van der Waals surface area contributed by atoms with Crippen molar-refractivity contribution >= 4 is 38.8 Å². The summed E-state index contributed by atoms with van der Waals surface area (Å²) in [5.41, 5.74) is 15.9. The van der Waals surface area contributed by atoms with Crippen LogP contribution in [0, 0.1) is 0 Å². The van der Waals surface area contributed by atoms with Crippen LogP contribution in [0.25, 0.3) is 107 Å². The lowest BCUT2D eigenvalue weighted by Crippen LogP contribution is -2.10. The fourth-order valence-corrected chi connectivity index (χ4v) is 9.27. The van der Waals surface area contributed by atoms with Gasteiger partial charge in [-0.1, -0.05) is 164 Å². The number of allylic oxidation sites excluding steroid dienone is 1. The summed E-state index contributed by atoms with van der Waals surface area (Å²) < 4.78 is 4.64. The molecule has 0 saturated heterocycles. The molecule has 0 N–H and O–H groups in total. The zero-order valence-corrected chi connectivity index (χ0v) is 33.9. The van der Waals surface area contributed by atoms with Crippen molar-refractivity contribution in [3.63, 3.8) is 0 Å². The van der Waals surface area contributed by atoms with E-state index in [1.807, 2.05) is 18.2 Å². The van der Waals surface area contributed by atoms with Crippen LogP contribution in [0.1, 0.15) is 17.7 Å². The van der Waals surface area contributed by atoms with E-state index in [4.69, 9.17) is 15.0 Å². The van der Waals surface area contributed by atoms with Gasteiger partial charge in [0.25, 0.3) is 0 Å². The average Bonchev–Trinajstić information content (AvgIpc) is 3.87. The van der Waals surface area contributed by atoms with Gasteiger partial charge < -0.3 is 4.57 Å². The summed E-state index contributed by atoms with van der Waals surface area (Å²) in [6, 6.07) is 71.1. The normalized spacial score (nSPS) is 12.3. The summed E-state index contributed by atoms with van der Waals surface area (Å²) in [7, 11) is 0. The largest absolute Gasteiger partial charge is 0.309 e. The van der Waals surface area contributed by atoms with Crippen LogP contribution in [-0.2, 0) is 6.42 Å². The minimum Gasteiger partial charge on any atom is -0.309 e. The first-order chi connectivity index (χ1) is 30.7. The molecule has 292 valence electrons. The standard InChI is InChI=1S/C57H39N5/c1-4-15-38(16-5-1)39-27-29-40(30-28-39)42-19-14-20-45(35-42)56-58-55(41-17-6-2-7-18-41)59-57(60-56)62-52-26-13-11-24-48(52)50-37-44(32-34-54(50)62)43-31-33-53-49(36-43)47-23-10-12-25-51(47)61(53)46-21-8-3-9-22-46/h1-12,14-25,27-37H,13,26H2. The quantitative estimate of drug-likeness (QED) is 0.161. The number of hydrogen-bond acceptors (Lipinski definition) is 3. The van der Waals surface area contributed by atoms with E-state index in [0.717, 1.165) is 46.3 Å². The highest BCUT2D eigenvalue weighted by atomic mass is 15.2. The van der Waals surface area contributed by atoms with Crippen LogP contribution in [0.4, 0.5) is 0 Å². The Bertz CT molecular complexity index is 3490. The Hall–Kier alpha value is -8.15. The van der Waals surface area contributed by atoms with E-state index in [0.29, 0.717) is 17.6 Å². The molecule has 62 heavy (non-hydrogen) atoms. The third-order valence-electron chi connectivity index (χ3n) is 12.3. The Morgan fingerprint density at radius 2 is 0.871 bits per heavy atom. The van der Waals surface area contributed by atoms with Crippen molar-refractivity contribution in [1.29, 1.82) is 0 Å². The van der Waals surface area contributed by atoms with E-state index in [1.165, 1.54) is 60.7 Å². The predicted molar refractivity (Wildman–Crippen MR) is 256 cm³/mol.